The number of aromatic nitrogens is 2. The van der Waals surface area contributed by atoms with Crippen LogP contribution in [0.15, 0.2) is 48.5 Å². The molecule has 24 heavy (non-hydrogen) atoms. The van der Waals surface area contributed by atoms with Gasteiger partial charge in [0.25, 0.3) is 0 Å². The number of nitrogens with zero attached hydrogens (tertiary/aromatic N) is 2. The van der Waals surface area contributed by atoms with Gasteiger partial charge in [-0.1, -0.05) is 18.2 Å². The van der Waals surface area contributed by atoms with Crippen LogP contribution < -0.4 is 10.1 Å². The van der Waals surface area contributed by atoms with Gasteiger partial charge >= 0.3 is 6.18 Å². The molecule has 0 fully saturated rings. The van der Waals surface area contributed by atoms with Gasteiger partial charge in [0.1, 0.15) is 11.6 Å². The van der Waals surface area contributed by atoms with Crippen molar-refractivity contribution in [1.29, 1.82) is 0 Å². The normalized spacial score (nSPS) is 11.5. The lowest BCUT2D eigenvalue weighted by atomic mass is 10.1. The number of rotatable bonds is 4. The molecule has 0 amide bonds. The molecule has 0 aliphatic rings. The molecule has 0 aliphatic heterocycles. The molecule has 0 bridgehead atoms. The van der Waals surface area contributed by atoms with Crippen LogP contribution in [0.2, 0.25) is 0 Å². The molecular formula is C17H14F3N3O. The van der Waals surface area contributed by atoms with Crippen LogP contribution >= 0.6 is 0 Å². The zero-order valence-electron chi connectivity index (χ0n) is 12.8. The van der Waals surface area contributed by atoms with Crippen LogP contribution in [-0.4, -0.2) is 17.3 Å². The zero-order chi connectivity index (χ0) is 17.2. The first-order valence-corrected chi connectivity index (χ1v) is 7.17. The Kier molecular flexibility index (Phi) is 4.24. The van der Waals surface area contributed by atoms with Gasteiger partial charge in [-0.3, -0.25) is 0 Å². The topological polar surface area (TPSA) is 47.0 Å². The summed E-state index contributed by atoms with van der Waals surface area (Å²) in [7, 11) is 1.62. The van der Waals surface area contributed by atoms with Crippen LogP contribution in [0.4, 0.5) is 19.0 Å². The van der Waals surface area contributed by atoms with Crippen molar-refractivity contribution in [3.63, 3.8) is 0 Å². The first-order chi connectivity index (χ1) is 11.5. The van der Waals surface area contributed by atoms with E-state index in [1.165, 1.54) is 6.07 Å². The minimum atomic E-state index is -4.48. The minimum absolute atomic E-state index is 0.290. The molecule has 0 saturated heterocycles. The molecule has 124 valence electrons. The molecule has 1 N–H and O–H groups in total. The molecule has 7 heteroatoms. The van der Waals surface area contributed by atoms with Gasteiger partial charge in [0.15, 0.2) is 5.69 Å². The summed E-state index contributed by atoms with van der Waals surface area (Å²) in [6.07, 6.45) is -4.48. The highest BCUT2D eigenvalue weighted by Gasteiger charge is 2.32. The van der Waals surface area contributed by atoms with E-state index in [0.717, 1.165) is 28.2 Å². The van der Waals surface area contributed by atoms with Crippen LogP contribution in [0.3, 0.4) is 0 Å². The Balaban J connectivity index is 1.71. The lowest BCUT2D eigenvalue weighted by molar-refractivity contribution is -0.141. The summed E-state index contributed by atoms with van der Waals surface area (Å²) in [5, 5.41) is 11.8. The van der Waals surface area contributed by atoms with Crippen LogP contribution in [0.1, 0.15) is 11.3 Å². The van der Waals surface area contributed by atoms with E-state index in [1.807, 2.05) is 36.4 Å². The second kappa shape index (κ2) is 6.35. The molecule has 4 nitrogen and oxygen atoms in total. The maximum absolute atomic E-state index is 12.4. The third-order valence-electron chi connectivity index (χ3n) is 3.54. The second-order valence-corrected chi connectivity index (χ2v) is 5.20. The number of alkyl halides is 3. The van der Waals surface area contributed by atoms with Crippen molar-refractivity contribution in [2.45, 2.75) is 12.7 Å². The van der Waals surface area contributed by atoms with Gasteiger partial charge in [0.05, 0.1) is 7.11 Å². The van der Waals surface area contributed by atoms with E-state index in [2.05, 4.69) is 15.5 Å². The Morgan fingerprint density at radius 2 is 1.71 bits per heavy atom. The van der Waals surface area contributed by atoms with E-state index < -0.39 is 11.9 Å². The smallest absolute Gasteiger partial charge is 0.435 e. The summed E-state index contributed by atoms with van der Waals surface area (Å²) in [5.74, 6) is 1.08. The minimum Gasteiger partial charge on any atom is -0.497 e. The van der Waals surface area contributed by atoms with E-state index in [9.17, 15) is 13.2 Å². The Morgan fingerprint density at radius 3 is 2.38 bits per heavy atom. The SMILES string of the molecule is COc1ccc2cc(CNc3ccc(C(F)(F)F)nn3)ccc2c1. The van der Waals surface area contributed by atoms with Gasteiger partial charge in [0, 0.05) is 6.54 Å². The lowest BCUT2D eigenvalue weighted by Crippen LogP contribution is -2.10. The molecular weight excluding hydrogens is 319 g/mol. The summed E-state index contributed by atoms with van der Waals surface area (Å²) in [5.41, 5.74) is -0.0259. The van der Waals surface area contributed by atoms with Crippen molar-refractivity contribution < 1.29 is 17.9 Å². The van der Waals surface area contributed by atoms with E-state index in [-0.39, 0.29) is 5.82 Å². The summed E-state index contributed by atoms with van der Waals surface area (Å²) < 4.78 is 42.5. The Morgan fingerprint density at radius 1 is 0.958 bits per heavy atom. The number of anilines is 1. The number of benzene rings is 2. The number of nitrogens with one attached hydrogen (secondary N) is 1. The van der Waals surface area contributed by atoms with Crippen molar-refractivity contribution in [3.05, 3.63) is 59.8 Å². The third kappa shape index (κ3) is 3.56. The van der Waals surface area contributed by atoms with Gasteiger partial charge < -0.3 is 10.1 Å². The van der Waals surface area contributed by atoms with E-state index in [4.69, 9.17) is 4.74 Å². The average molecular weight is 333 g/mol. The van der Waals surface area contributed by atoms with E-state index in [1.54, 1.807) is 7.11 Å². The summed E-state index contributed by atoms with van der Waals surface area (Å²) in [4.78, 5) is 0. The van der Waals surface area contributed by atoms with Gasteiger partial charge in [-0.15, -0.1) is 10.2 Å². The molecule has 1 aromatic heterocycles. The predicted octanol–water partition coefficient (Wildman–Crippen LogP) is 4.27. The van der Waals surface area contributed by atoms with Crippen molar-refractivity contribution in [3.8, 4) is 5.75 Å². The second-order valence-electron chi connectivity index (χ2n) is 5.20. The van der Waals surface area contributed by atoms with Crippen molar-refractivity contribution in [2.75, 3.05) is 12.4 Å². The highest BCUT2D eigenvalue weighted by molar-refractivity contribution is 5.84. The molecule has 1 heterocycles. The zero-order valence-corrected chi connectivity index (χ0v) is 12.8. The Bertz CT molecular complexity index is 848. The molecule has 0 saturated carbocycles. The molecule has 0 spiro atoms. The number of hydrogen-bond donors (Lipinski definition) is 1. The van der Waals surface area contributed by atoms with E-state index >= 15 is 0 Å². The van der Waals surface area contributed by atoms with Gasteiger partial charge in [-0.2, -0.15) is 13.2 Å². The Hall–Kier alpha value is -2.83. The quantitative estimate of drug-likeness (QED) is 0.774. The van der Waals surface area contributed by atoms with Crippen molar-refractivity contribution >= 4 is 16.6 Å². The highest BCUT2D eigenvalue weighted by Crippen LogP contribution is 2.27. The monoisotopic (exact) mass is 333 g/mol. The van der Waals surface area contributed by atoms with Gasteiger partial charge in [0.2, 0.25) is 0 Å². The van der Waals surface area contributed by atoms with Crippen LogP contribution in [0.25, 0.3) is 10.8 Å². The number of halogens is 3. The van der Waals surface area contributed by atoms with E-state index in [0.29, 0.717) is 6.54 Å². The molecule has 2 aromatic carbocycles. The summed E-state index contributed by atoms with van der Waals surface area (Å²) in [6.45, 7) is 0.433. The molecule has 0 radical (unpaired) electrons. The largest absolute Gasteiger partial charge is 0.497 e. The number of ether oxygens (including phenoxy) is 1. The number of hydrogen-bond acceptors (Lipinski definition) is 4. The fraction of sp³-hybridized carbons (Fsp3) is 0.176. The molecule has 0 unspecified atom stereocenters. The maximum Gasteiger partial charge on any atom is 0.435 e. The fourth-order valence-electron chi connectivity index (χ4n) is 2.28. The van der Waals surface area contributed by atoms with Crippen LogP contribution in [0.5, 0.6) is 5.75 Å². The average Bonchev–Trinajstić information content (AvgIpc) is 2.59. The van der Waals surface area contributed by atoms with Crippen molar-refractivity contribution in [1.82, 2.24) is 10.2 Å². The lowest BCUT2D eigenvalue weighted by Gasteiger charge is -2.09. The van der Waals surface area contributed by atoms with Crippen molar-refractivity contribution in [2.24, 2.45) is 0 Å². The maximum atomic E-state index is 12.4. The standard InChI is InChI=1S/C17H14F3N3O/c1-24-14-5-4-12-8-11(2-3-13(12)9-14)10-21-16-7-6-15(22-23-16)17(18,19)20/h2-9H,10H2,1H3,(H,21,23). The molecule has 0 aliphatic carbocycles. The Labute approximate surface area is 136 Å². The first-order valence-electron chi connectivity index (χ1n) is 7.17. The summed E-state index contributed by atoms with van der Waals surface area (Å²) >= 11 is 0. The summed E-state index contributed by atoms with van der Waals surface area (Å²) in [6, 6.07) is 13.8. The van der Waals surface area contributed by atoms with Crippen LogP contribution in [0, 0.1) is 0 Å². The first kappa shape index (κ1) is 16.0. The predicted molar refractivity (Wildman–Crippen MR) is 84.9 cm³/mol. The van der Waals surface area contributed by atoms with Gasteiger partial charge in [-0.25, -0.2) is 0 Å². The third-order valence-corrected chi connectivity index (χ3v) is 3.54. The fourth-order valence-corrected chi connectivity index (χ4v) is 2.28. The highest BCUT2D eigenvalue weighted by atomic mass is 19.4. The number of methoxy groups -OCH3 is 1. The molecule has 0 atom stereocenters. The molecule has 3 aromatic rings. The number of fused-ring (bicyclic) bond motifs is 1. The molecule has 3 rings (SSSR count). The van der Waals surface area contributed by atoms with Crippen LogP contribution in [-0.2, 0) is 12.7 Å². The van der Waals surface area contributed by atoms with Gasteiger partial charge in [-0.05, 0) is 46.7 Å².